The van der Waals surface area contributed by atoms with Crippen molar-refractivity contribution in [1.29, 1.82) is 0 Å². The Kier molecular flexibility index (Phi) is 11.0. The summed E-state index contributed by atoms with van der Waals surface area (Å²) in [6.07, 6.45) is 0.986. The molecule has 1 heterocycles. The lowest BCUT2D eigenvalue weighted by atomic mass is 10.1. The number of benzene rings is 1. The molecule has 1 atom stereocenters. The van der Waals surface area contributed by atoms with E-state index >= 15 is 0 Å². The third kappa shape index (κ3) is 9.96. The highest BCUT2D eigenvalue weighted by Gasteiger charge is 2.42. The number of alkyl carbamates (subject to hydrolysis) is 1. The van der Waals surface area contributed by atoms with Crippen molar-refractivity contribution in [3.05, 3.63) is 41.7 Å². The van der Waals surface area contributed by atoms with Crippen LogP contribution in [0.3, 0.4) is 0 Å². The van der Waals surface area contributed by atoms with Crippen LogP contribution >= 0.6 is 0 Å². The number of H-pyrrole nitrogens is 1. The van der Waals surface area contributed by atoms with E-state index in [9.17, 15) is 19.2 Å². The summed E-state index contributed by atoms with van der Waals surface area (Å²) >= 11 is 0. The second kappa shape index (κ2) is 13.3. The molecule has 0 unspecified atom stereocenters. The number of imide groups is 1. The van der Waals surface area contributed by atoms with Crippen molar-refractivity contribution in [2.45, 2.75) is 97.7 Å². The molecule has 0 spiro atoms. The minimum Gasteiger partial charge on any atom is -0.464 e. The van der Waals surface area contributed by atoms with Gasteiger partial charge in [-0.1, -0.05) is 39.0 Å². The summed E-state index contributed by atoms with van der Waals surface area (Å²) in [5.41, 5.74) is -1.000. The summed E-state index contributed by atoms with van der Waals surface area (Å²) < 4.78 is 22.3. The molecular weight excluding hydrogens is 570 g/mol. The summed E-state index contributed by atoms with van der Waals surface area (Å²) in [7, 11) is -1.30. The number of rotatable bonds is 8. The van der Waals surface area contributed by atoms with Crippen molar-refractivity contribution in [2.24, 2.45) is 0 Å². The van der Waals surface area contributed by atoms with Crippen LogP contribution in [0, 0.1) is 0 Å². The van der Waals surface area contributed by atoms with Crippen LogP contribution in [0.15, 0.2) is 36.2 Å². The lowest BCUT2D eigenvalue weighted by molar-refractivity contribution is -0.142. The number of fused-ring (bicyclic) bond motifs is 1. The highest BCUT2D eigenvalue weighted by atomic mass is 28.4. The van der Waals surface area contributed by atoms with Crippen LogP contribution in [-0.2, 0) is 28.2 Å². The molecule has 0 aliphatic carbocycles. The second-order valence-electron chi connectivity index (χ2n) is 13.7. The number of ether oxygens (including phenoxy) is 3. The van der Waals surface area contributed by atoms with Gasteiger partial charge in [-0.25, -0.2) is 19.3 Å². The van der Waals surface area contributed by atoms with E-state index in [0.29, 0.717) is 10.5 Å². The molecule has 0 radical (unpaired) electrons. The molecule has 238 valence electrons. The maximum atomic E-state index is 14.3. The monoisotopic (exact) mass is 617 g/mol. The molecule has 3 amide bonds. The summed E-state index contributed by atoms with van der Waals surface area (Å²) in [6, 6.07) is 5.92. The minimum absolute atomic E-state index is 0.218. The predicted octanol–water partition coefficient (Wildman–Crippen LogP) is 6.36. The molecule has 43 heavy (non-hydrogen) atoms. The Morgan fingerprint density at radius 3 is 2.07 bits per heavy atom. The van der Waals surface area contributed by atoms with Crippen molar-refractivity contribution in [3.8, 4) is 0 Å². The normalized spacial score (nSPS) is 13.7. The standard InChI is InChI=1S/C31H47N3O8Si/c1-29(2,3)41-27(37)33-23(19-40-43(11,12)31(7,8)9)25(35)34(28(38)42-30(4,5)6)24(26(36)39-10)17-20-18-32-22-16-14-13-15-21(20)22/h13-18,23,32H,19H2,1-12H3,(H,33,37)/b24-17+/t23-/m0/s1. The molecule has 0 aliphatic heterocycles. The second-order valence-corrected chi connectivity index (χ2v) is 18.5. The summed E-state index contributed by atoms with van der Waals surface area (Å²) in [5.74, 6) is -1.93. The van der Waals surface area contributed by atoms with Crippen LogP contribution < -0.4 is 5.32 Å². The fraction of sp³-hybridized carbons (Fsp3) is 0.548. The first-order valence-electron chi connectivity index (χ1n) is 14.1. The van der Waals surface area contributed by atoms with E-state index in [4.69, 9.17) is 18.6 Å². The average molecular weight is 618 g/mol. The Bertz CT molecular complexity index is 1360. The number of esters is 1. The van der Waals surface area contributed by atoms with Crippen molar-refractivity contribution < 1.29 is 37.8 Å². The van der Waals surface area contributed by atoms with Crippen LogP contribution in [0.25, 0.3) is 17.0 Å². The first-order chi connectivity index (χ1) is 19.6. The number of carbonyl (C=O) groups is 4. The third-order valence-electron chi connectivity index (χ3n) is 6.75. The van der Waals surface area contributed by atoms with Gasteiger partial charge in [0.25, 0.3) is 5.91 Å². The van der Waals surface area contributed by atoms with Gasteiger partial charge in [0.2, 0.25) is 0 Å². The summed E-state index contributed by atoms with van der Waals surface area (Å²) in [6.45, 7) is 19.7. The van der Waals surface area contributed by atoms with Crippen molar-refractivity contribution in [2.75, 3.05) is 13.7 Å². The number of amides is 3. The molecule has 0 saturated carbocycles. The molecule has 0 fully saturated rings. The number of nitrogens with zero attached hydrogens (tertiary/aromatic N) is 1. The molecule has 12 heteroatoms. The molecule has 2 rings (SSSR count). The molecule has 1 aromatic carbocycles. The Morgan fingerprint density at radius 2 is 1.53 bits per heavy atom. The van der Waals surface area contributed by atoms with Crippen LogP contribution in [0.2, 0.25) is 18.1 Å². The smallest absolute Gasteiger partial charge is 0.422 e. The van der Waals surface area contributed by atoms with Gasteiger partial charge in [-0.05, 0) is 71.8 Å². The van der Waals surface area contributed by atoms with Gasteiger partial charge in [-0.3, -0.25) is 4.79 Å². The Hall–Kier alpha value is -3.64. The number of hydrogen-bond acceptors (Lipinski definition) is 8. The topological polar surface area (TPSA) is 136 Å². The van der Waals surface area contributed by atoms with E-state index in [1.807, 2.05) is 58.1 Å². The number of nitrogens with one attached hydrogen (secondary N) is 2. The molecule has 0 saturated heterocycles. The van der Waals surface area contributed by atoms with Crippen molar-refractivity contribution >= 4 is 49.4 Å². The lowest BCUT2D eigenvalue weighted by Crippen LogP contribution is -2.56. The molecule has 0 aliphatic rings. The van der Waals surface area contributed by atoms with Crippen LogP contribution in [-0.4, -0.2) is 73.2 Å². The summed E-state index contributed by atoms with van der Waals surface area (Å²) in [5, 5.41) is 3.07. The van der Waals surface area contributed by atoms with Gasteiger partial charge in [-0.2, -0.15) is 0 Å². The van der Waals surface area contributed by atoms with E-state index in [1.54, 1.807) is 47.7 Å². The van der Waals surface area contributed by atoms with E-state index in [2.05, 4.69) is 10.3 Å². The molecule has 11 nitrogen and oxygen atoms in total. The quantitative estimate of drug-likeness (QED) is 0.151. The Balaban J connectivity index is 2.71. The van der Waals surface area contributed by atoms with Crippen molar-refractivity contribution in [1.82, 2.24) is 15.2 Å². The number of methoxy groups -OCH3 is 1. The van der Waals surface area contributed by atoms with Gasteiger partial charge in [0.15, 0.2) is 8.32 Å². The molecule has 2 aromatic rings. The van der Waals surface area contributed by atoms with Crippen LogP contribution in [0.4, 0.5) is 9.59 Å². The number of hydrogen-bond donors (Lipinski definition) is 2. The predicted molar refractivity (Wildman–Crippen MR) is 168 cm³/mol. The van der Waals surface area contributed by atoms with E-state index in [-0.39, 0.29) is 11.6 Å². The highest BCUT2D eigenvalue weighted by Crippen LogP contribution is 2.36. The fourth-order valence-electron chi connectivity index (χ4n) is 3.58. The van der Waals surface area contributed by atoms with Crippen LogP contribution in [0.1, 0.15) is 67.9 Å². The molecule has 1 aromatic heterocycles. The largest absolute Gasteiger partial charge is 0.464 e. The SMILES string of the molecule is COC(=O)/C(=C\c1c[nH]c2ccccc12)N(C(=O)OC(C)(C)C)C(=O)[C@H](CO[Si](C)(C)C(C)(C)C)NC(=O)OC(C)(C)C. The lowest BCUT2D eigenvalue weighted by Gasteiger charge is -2.37. The zero-order valence-electron chi connectivity index (χ0n) is 27.5. The van der Waals surface area contributed by atoms with Crippen molar-refractivity contribution in [3.63, 3.8) is 0 Å². The van der Waals surface area contributed by atoms with Gasteiger partial charge in [0.1, 0.15) is 22.9 Å². The van der Waals surface area contributed by atoms with Gasteiger partial charge in [0, 0.05) is 22.7 Å². The fourth-order valence-corrected chi connectivity index (χ4v) is 4.60. The maximum Gasteiger partial charge on any atom is 0.422 e. The molecule has 2 N–H and O–H groups in total. The third-order valence-corrected chi connectivity index (χ3v) is 11.3. The van der Waals surface area contributed by atoms with E-state index < -0.39 is 55.3 Å². The number of para-hydroxylation sites is 1. The maximum absolute atomic E-state index is 14.3. The minimum atomic E-state index is -2.44. The molecular formula is C31H47N3O8Si. The Labute approximate surface area is 255 Å². The van der Waals surface area contributed by atoms with Gasteiger partial charge in [-0.15, -0.1) is 0 Å². The number of carbonyl (C=O) groups excluding carboxylic acids is 4. The number of aromatic amines is 1. The number of aromatic nitrogens is 1. The average Bonchev–Trinajstić information content (AvgIpc) is 3.25. The zero-order valence-corrected chi connectivity index (χ0v) is 28.5. The van der Waals surface area contributed by atoms with Gasteiger partial charge in [0.05, 0.1) is 13.7 Å². The summed E-state index contributed by atoms with van der Waals surface area (Å²) in [4.78, 5) is 57.8. The first-order valence-corrected chi connectivity index (χ1v) is 17.0. The first kappa shape index (κ1) is 35.6. The van der Waals surface area contributed by atoms with Crippen LogP contribution in [0.5, 0.6) is 0 Å². The van der Waals surface area contributed by atoms with Gasteiger partial charge < -0.3 is 28.9 Å². The Morgan fingerprint density at radius 1 is 0.953 bits per heavy atom. The highest BCUT2D eigenvalue weighted by molar-refractivity contribution is 6.74. The zero-order chi connectivity index (χ0) is 33.0. The van der Waals surface area contributed by atoms with E-state index in [1.165, 1.54) is 6.08 Å². The van der Waals surface area contributed by atoms with E-state index in [0.717, 1.165) is 18.0 Å². The van der Waals surface area contributed by atoms with Gasteiger partial charge >= 0.3 is 18.2 Å². The molecule has 0 bridgehead atoms.